The predicted molar refractivity (Wildman–Crippen MR) is 50.6 cm³/mol. The number of amides is 2. The van der Waals surface area contributed by atoms with Crippen molar-refractivity contribution < 1.29 is 4.79 Å². The summed E-state index contributed by atoms with van der Waals surface area (Å²) in [6, 6.07) is 0.617. The maximum Gasteiger partial charge on any atom is 0.319 e. The van der Waals surface area contributed by atoms with Crippen LogP contribution in [-0.4, -0.2) is 55.6 Å². The smallest absolute Gasteiger partial charge is 0.319 e. The molecule has 4 heteroatoms. The van der Waals surface area contributed by atoms with E-state index < -0.39 is 0 Å². The lowest BCUT2D eigenvalue weighted by atomic mass is 10.1. The van der Waals surface area contributed by atoms with Gasteiger partial charge in [-0.3, -0.25) is 0 Å². The Hall–Kier alpha value is -0.770. The highest BCUT2D eigenvalue weighted by molar-refractivity contribution is 5.74. The fourth-order valence-corrected chi connectivity index (χ4v) is 2.34. The van der Waals surface area contributed by atoms with E-state index in [1.54, 1.807) is 4.90 Å². The molecule has 0 aromatic carbocycles. The SMILES string of the molecule is CN(C)C(=O)N1CC[C@H]2CNC[C@H]21. The van der Waals surface area contributed by atoms with Gasteiger partial charge >= 0.3 is 6.03 Å². The van der Waals surface area contributed by atoms with Crippen LogP contribution in [0.2, 0.25) is 0 Å². The third-order valence-electron chi connectivity index (χ3n) is 3.07. The molecular weight excluding hydrogens is 166 g/mol. The second-order valence-electron chi connectivity index (χ2n) is 4.14. The Labute approximate surface area is 78.9 Å². The highest BCUT2D eigenvalue weighted by Crippen LogP contribution is 2.27. The van der Waals surface area contributed by atoms with Crippen molar-refractivity contribution in [2.24, 2.45) is 5.92 Å². The summed E-state index contributed by atoms with van der Waals surface area (Å²) in [6.07, 6.45) is 1.16. The van der Waals surface area contributed by atoms with Crippen molar-refractivity contribution in [1.29, 1.82) is 0 Å². The van der Waals surface area contributed by atoms with Gasteiger partial charge in [-0.15, -0.1) is 0 Å². The standard InChI is InChI=1S/C9H17N3O/c1-11(2)9(13)12-4-3-7-5-10-6-8(7)12/h7-8,10H,3-6H2,1-2H3/t7-,8+/m0/s1. The molecule has 0 unspecified atom stereocenters. The molecule has 0 aliphatic carbocycles. The van der Waals surface area contributed by atoms with Crippen LogP contribution < -0.4 is 5.32 Å². The maximum absolute atomic E-state index is 11.7. The fourth-order valence-electron chi connectivity index (χ4n) is 2.34. The number of nitrogens with one attached hydrogen (secondary N) is 1. The van der Waals surface area contributed by atoms with Crippen molar-refractivity contribution in [2.45, 2.75) is 12.5 Å². The van der Waals surface area contributed by atoms with E-state index in [1.807, 2.05) is 19.0 Å². The second-order valence-corrected chi connectivity index (χ2v) is 4.14. The number of hydrogen-bond acceptors (Lipinski definition) is 2. The van der Waals surface area contributed by atoms with Gasteiger partial charge in [0.15, 0.2) is 0 Å². The van der Waals surface area contributed by atoms with Gasteiger partial charge in [0.2, 0.25) is 0 Å². The topological polar surface area (TPSA) is 35.6 Å². The third kappa shape index (κ3) is 1.39. The van der Waals surface area contributed by atoms with Crippen LogP contribution in [-0.2, 0) is 0 Å². The fraction of sp³-hybridized carbons (Fsp3) is 0.889. The first kappa shape index (κ1) is 8.81. The number of carbonyl (C=O) groups is 1. The molecule has 2 rings (SSSR count). The minimum atomic E-state index is 0.163. The number of urea groups is 1. The first-order valence-corrected chi connectivity index (χ1v) is 4.89. The summed E-state index contributed by atoms with van der Waals surface area (Å²) < 4.78 is 0. The minimum Gasteiger partial charge on any atom is -0.331 e. The largest absolute Gasteiger partial charge is 0.331 e. The first-order chi connectivity index (χ1) is 6.20. The van der Waals surface area contributed by atoms with Crippen LogP contribution in [0.5, 0.6) is 0 Å². The Morgan fingerprint density at radius 2 is 2.23 bits per heavy atom. The summed E-state index contributed by atoms with van der Waals surface area (Å²) in [5.41, 5.74) is 0. The quantitative estimate of drug-likeness (QED) is 0.572. The minimum absolute atomic E-state index is 0.163. The lowest BCUT2D eigenvalue weighted by molar-refractivity contribution is 0.166. The Kier molecular flexibility index (Phi) is 2.15. The monoisotopic (exact) mass is 183 g/mol. The van der Waals surface area contributed by atoms with Gasteiger partial charge in [0.1, 0.15) is 0 Å². The summed E-state index contributed by atoms with van der Waals surface area (Å²) in [4.78, 5) is 15.4. The summed E-state index contributed by atoms with van der Waals surface area (Å²) in [5, 5.41) is 3.34. The molecule has 1 N–H and O–H groups in total. The van der Waals surface area contributed by atoms with Crippen molar-refractivity contribution in [3.63, 3.8) is 0 Å². The Morgan fingerprint density at radius 1 is 1.46 bits per heavy atom. The molecule has 2 aliphatic heterocycles. The van der Waals surface area contributed by atoms with Crippen LogP contribution in [0.15, 0.2) is 0 Å². The predicted octanol–water partition coefficient (Wildman–Crippen LogP) is -0.0383. The molecule has 0 spiro atoms. The van der Waals surface area contributed by atoms with E-state index in [4.69, 9.17) is 0 Å². The van der Waals surface area contributed by atoms with Crippen molar-refractivity contribution in [3.8, 4) is 0 Å². The maximum atomic E-state index is 11.7. The Morgan fingerprint density at radius 3 is 2.92 bits per heavy atom. The van der Waals surface area contributed by atoms with Gasteiger partial charge in [-0.2, -0.15) is 0 Å². The molecular formula is C9H17N3O. The number of carbonyl (C=O) groups excluding carboxylic acids is 1. The lowest BCUT2D eigenvalue weighted by Crippen LogP contribution is -2.44. The molecule has 2 heterocycles. The van der Waals surface area contributed by atoms with Crippen molar-refractivity contribution in [2.75, 3.05) is 33.7 Å². The van der Waals surface area contributed by atoms with Crippen molar-refractivity contribution in [3.05, 3.63) is 0 Å². The van der Waals surface area contributed by atoms with E-state index in [-0.39, 0.29) is 6.03 Å². The molecule has 74 valence electrons. The van der Waals surface area contributed by atoms with Gasteiger partial charge in [-0.25, -0.2) is 4.79 Å². The average molecular weight is 183 g/mol. The van der Waals surface area contributed by atoms with E-state index in [0.29, 0.717) is 12.0 Å². The van der Waals surface area contributed by atoms with Crippen LogP contribution >= 0.6 is 0 Å². The molecule has 2 fully saturated rings. The van der Waals surface area contributed by atoms with Crippen LogP contribution in [0.1, 0.15) is 6.42 Å². The van der Waals surface area contributed by atoms with E-state index in [1.165, 1.54) is 0 Å². The van der Waals surface area contributed by atoms with Crippen LogP contribution in [0, 0.1) is 5.92 Å². The van der Waals surface area contributed by atoms with Gasteiger partial charge in [0, 0.05) is 39.8 Å². The molecule has 2 atom stereocenters. The van der Waals surface area contributed by atoms with Crippen LogP contribution in [0.3, 0.4) is 0 Å². The van der Waals surface area contributed by atoms with Gasteiger partial charge in [-0.1, -0.05) is 0 Å². The molecule has 2 saturated heterocycles. The molecule has 4 nitrogen and oxygen atoms in total. The molecule has 0 saturated carbocycles. The molecule has 13 heavy (non-hydrogen) atoms. The summed E-state index contributed by atoms with van der Waals surface area (Å²) in [7, 11) is 3.64. The van der Waals surface area contributed by atoms with Crippen molar-refractivity contribution >= 4 is 6.03 Å². The van der Waals surface area contributed by atoms with Gasteiger partial charge in [-0.05, 0) is 12.3 Å². The van der Waals surface area contributed by atoms with E-state index in [9.17, 15) is 4.79 Å². The van der Waals surface area contributed by atoms with Crippen molar-refractivity contribution in [1.82, 2.24) is 15.1 Å². The summed E-state index contributed by atoms with van der Waals surface area (Å²) in [5.74, 6) is 0.698. The molecule has 2 amide bonds. The Bertz CT molecular complexity index is 217. The molecule has 0 aromatic rings. The molecule has 0 radical (unpaired) electrons. The van der Waals surface area contributed by atoms with Crippen LogP contribution in [0.25, 0.3) is 0 Å². The number of likely N-dealkylation sites (tertiary alicyclic amines) is 1. The van der Waals surface area contributed by atoms with E-state index in [2.05, 4.69) is 5.32 Å². The van der Waals surface area contributed by atoms with Gasteiger partial charge in [0.05, 0.1) is 0 Å². The van der Waals surface area contributed by atoms with E-state index >= 15 is 0 Å². The van der Waals surface area contributed by atoms with Gasteiger partial charge < -0.3 is 15.1 Å². The normalized spacial score (nSPS) is 32.0. The number of fused-ring (bicyclic) bond motifs is 1. The van der Waals surface area contributed by atoms with Gasteiger partial charge in [0.25, 0.3) is 0 Å². The zero-order chi connectivity index (χ0) is 9.42. The zero-order valence-corrected chi connectivity index (χ0v) is 8.29. The Balaban J connectivity index is 2.04. The highest BCUT2D eigenvalue weighted by Gasteiger charge is 2.40. The number of nitrogens with zero attached hydrogens (tertiary/aromatic N) is 2. The molecule has 0 aromatic heterocycles. The third-order valence-corrected chi connectivity index (χ3v) is 3.07. The highest BCUT2D eigenvalue weighted by atomic mass is 16.2. The zero-order valence-electron chi connectivity index (χ0n) is 8.29. The first-order valence-electron chi connectivity index (χ1n) is 4.89. The van der Waals surface area contributed by atoms with E-state index in [0.717, 1.165) is 26.1 Å². The molecule has 2 aliphatic rings. The number of rotatable bonds is 0. The summed E-state index contributed by atoms with van der Waals surface area (Å²) in [6.45, 7) is 3.00. The number of hydrogen-bond donors (Lipinski definition) is 1. The lowest BCUT2D eigenvalue weighted by Gasteiger charge is -2.26. The molecule has 0 bridgehead atoms. The van der Waals surface area contributed by atoms with Crippen LogP contribution in [0.4, 0.5) is 4.79 Å². The average Bonchev–Trinajstić information content (AvgIpc) is 2.61. The summed E-state index contributed by atoms with van der Waals surface area (Å²) >= 11 is 0. The second kappa shape index (κ2) is 3.18.